The third kappa shape index (κ3) is 6.60. The van der Waals surface area contributed by atoms with Crippen molar-refractivity contribution in [1.82, 2.24) is 0 Å². The van der Waals surface area contributed by atoms with E-state index in [1.807, 2.05) is 0 Å². The van der Waals surface area contributed by atoms with Crippen LogP contribution in [0.1, 0.15) is 20.3 Å². The molecule has 0 radical (unpaired) electrons. The third-order valence-corrected chi connectivity index (χ3v) is 2.17. The maximum Gasteiger partial charge on any atom is 0.322 e. The quantitative estimate of drug-likeness (QED) is 0.664. The summed E-state index contributed by atoms with van der Waals surface area (Å²) in [6.45, 7) is 3.56. The maximum absolute atomic E-state index is 11.0. The van der Waals surface area contributed by atoms with E-state index in [1.54, 1.807) is 6.92 Å². The highest BCUT2D eigenvalue weighted by Gasteiger charge is 2.13. The molecular weight excluding hydrogens is 190 g/mol. The Labute approximate surface area is 82.2 Å². The monoisotopic (exact) mass is 205 g/mol. The predicted octanol–water partition coefficient (Wildman–Crippen LogP) is 0.547. The lowest BCUT2D eigenvalue weighted by Crippen LogP contribution is -2.32. The molecule has 5 heteroatoms. The first-order valence-corrected chi connectivity index (χ1v) is 5.12. The Morgan fingerprint density at radius 3 is 2.62 bits per heavy atom. The van der Waals surface area contributed by atoms with Crippen LogP contribution in [0.25, 0.3) is 0 Å². The van der Waals surface area contributed by atoms with Gasteiger partial charge in [0.2, 0.25) is 0 Å². The molecule has 13 heavy (non-hydrogen) atoms. The maximum atomic E-state index is 11.0. The van der Waals surface area contributed by atoms with Crippen LogP contribution in [0.5, 0.6) is 0 Å². The van der Waals surface area contributed by atoms with Crippen LogP contribution >= 0.6 is 11.8 Å². The van der Waals surface area contributed by atoms with Gasteiger partial charge < -0.3 is 10.5 Å². The average molecular weight is 205 g/mol. The van der Waals surface area contributed by atoms with Crippen molar-refractivity contribution in [3.8, 4) is 0 Å². The number of carbonyl (C=O) groups excluding carboxylic acids is 2. The van der Waals surface area contributed by atoms with Crippen molar-refractivity contribution >= 4 is 22.8 Å². The van der Waals surface area contributed by atoms with Crippen LogP contribution in [0, 0.1) is 0 Å². The molecule has 0 heterocycles. The SMILES string of the molecule is CCOC(=O)C(N)CCSC(C)=O. The summed E-state index contributed by atoms with van der Waals surface area (Å²) >= 11 is 1.17. The molecule has 0 aliphatic heterocycles. The number of esters is 1. The minimum absolute atomic E-state index is 0.0380. The fourth-order valence-electron chi connectivity index (χ4n) is 0.697. The van der Waals surface area contributed by atoms with E-state index in [4.69, 9.17) is 10.5 Å². The molecule has 1 unspecified atom stereocenters. The van der Waals surface area contributed by atoms with Crippen molar-refractivity contribution in [2.75, 3.05) is 12.4 Å². The molecule has 0 saturated carbocycles. The second-order valence-corrected chi connectivity index (χ2v) is 3.76. The van der Waals surface area contributed by atoms with Crippen molar-refractivity contribution in [2.24, 2.45) is 5.73 Å². The van der Waals surface area contributed by atoms with Crippen LogP contribution in [-0.4, -0.2) is 29.5 Å². The summed E-state index contributed by atoms with van der Waals surface area (Å²) in [6.07, 6.45) is 0.475. The van der Waals surface area contributed by atoms with E-state index in [-0.39, 0.29) is 5.12 Å². The molecule has 1 atom stereocenters. The Morgan fingerprint density at radius 2 is 2.15 bits per heavy atom. The van der Waals surface area contributed by atoms with E-state index in [0.29, 0.717) is 18.8 Å². The summed E-state index contributed by atoms with van der Waals surface area (Å²) in [4.78, 5) is 21.5. The van der Waals surface area contributed by atoms with E-state index in [0.717, 1.165) is 0 Å². The molecule has 0 saturated heterocycles. The summed E-state index contributed by atoms with van der Waals surface area (Å²) in [7, 11) is 0. The predicted molar refractivity (Wildman–Crippen MR) is 52.4 cm³/mol. The van der Waals surface area contributed by atoms with Crippen molar-refractivity contribution in [1.29, 1.82) is 0 Å². The molecule has 0 aromatic heterocycles. The normalized spacial score (nSPS) is 12.2. The van der Waals surface area contributed by atoms with E-state index in [9.17, 15) is 9.59 Å². The molecular formula is C8H15NO3S. The topological polar surface area (TPSA) is 69.4 Å². The molecule has 0 aliphatic carbocycles. The summed E-state index contributed by atoms with van der Waals surface area (Å²) < 4.78 is 4.70. The van der Waals surface area contributed by atoms with Crippen LogP contribution in [-0.2, 0) is 14.3 Å². The Bertz CT molecular complexity index is 184. The van der Waals surface area contributed by atoms with Crippen LogP contribution in [0.2, 0.25) is 0 Å². The molecule has 0 aromatic carbocycles. The number of ether oxygens (including phenoxy) is 1. The second kappa shape index (κ2) is 6.91. The van der Waals surface area contributed by atoms with Gasteiger partial charge in [-0.3, -0.25) is 9.59 Å². The van der Waals surface area contributed by atoms with Crippen molar-refractivity contribution in [3.63, 3.8) is 0 Å². The smallest absolute Gasteiger partial charge is 0.322 e. The first kappa shape index (κ1) is 12.4. The molecule has 0 aromatic rings. The van der Waals surface area contributed by atoms with Gasteiger partial charge in [-0.05, 0) is 13.3 Å². The Hall–Kier alpha value is -0.550. The molecule has 4 nitrogen and oxygen atoms in total. The lowest BCUT2D eigenvalue weighted by molar-refractivity contribution is -0.144. The van der Waals surface area contributed by atoms with E-state index < -0.39 is 12.0 Å². The highest BCUT2D eigenvalue weighted by Crippen LogP contribution is 2.05. The second-order valence-electron chi connectivity index (χ2n) is 2.49. The van der Waals surface area contributed by atoms with Gasteiger partial charge in [-0.2, -0.15) is 0 Å². The third-order valence-electron chi connectivity index (χ3n) is 1.32. The Kier molecular flexibility index (Phi) is 6.62. The number of rotatable bonds is 5. The van der Waals surface area contributed by atoms with E-state index in [1.165, 1.54) is 18.7 Å². The average Bonchev–Trinajstić information content (AvgIpc) is 2.04. The van der Waals surface area contributed by atoms with Gasteiger partial charge in [0.1, 0.15) is 6.04 Å². The largest absolute Gasteiger partial charge is 0.465 e. The van der Waals surface area contributed by atoms with Gasteiger partial charge in [0.05, 0.1) is 6.61 Å². The zero-order chi connectivity index (χ0) is 10.3. The van der Waals surface area contributed by atoms with Gasteiger partial charge in [-0.15, -0.1) is 0 Å². The minimum Gasteiger partial charge on any atom is -0.465 e. The molecule has 0 fully saturated rings. The van der Waals surface area contributed by atoms with Gasteiger partial charge in [0, 0.05) is 12.7 Å². The van der Waals surface area contributed by atoms with Crippen LogP contribution in [0.4, 0.5) is 0 Å². The molecule has 76 valence electrons. The van der Waals surface area contributed by atoms with Crippen molar-refractivity contribution in [2.45, 2.75) is 26.3 Å². The van der Waals surface area contributed by atoms with Gasteiger partial charge in [0.25, 0.3) is 0 Å². The number of hydrogen-bond donors (Lipinski definition) is 1. The molecule has 2 N–H and O–H groups in total. The Balaban J connectivity index is 3.55. The van der Waals surface area contributed by atoms with Crippen molar-refractivity contribution < 1.29 is 14.3 Å². The fraction of sp³-hybridized carbons (Fsp3) is 0.750. The number of hydrogen-bond acceptors (Lipinski definition) is 5. The van der Waals surface area contributed by atoms with Gasteiger partial charge in [0.15, 0.2) is 5.12 Å². The number of thioether (sulfide) groups is 1. The molecule has 0 spiro atoms. The summed E-state index contributed by atoms with van der Waals surface area (Å²) in [5.41, 5.74) is 5.49. The lowest BCUT2D eigenvalue weighted by atomic mass is 10.2. The zero-order valence-corrected chi connectivity index (χ0v) is 8.73. The molecule has 0 rings (SSSR count). The molecule has 0 amide bonds. The first-order chi connectivity index (χ1) is 6.07. The zero-order valence-electron chi connectivity index (χ0n) is 7.91. The molecule has 0 aliphatic rings. The fourth-order valence-corrected chi connectivity index (χ4v) is 1.36. The minimum atomic E-state index is -0.605. The van der Waals surface area contributed by atoms with Gasteiger partial charge in [-0.1, -0.05) is 11.8 Å². The molecule has 0 bridgehead atoms. The van der Waals surface area contributed by atoms with Crippen LogP contribution < -0.4 is 5.73 Å². The van der Waals surface area contributed by atoms with Crippen LogP contribution in [0.3, 0.4) is 0 Å². The highest BCUT2D eigenvalue weighted by molar-refractivity contribution is 8.13. The summed E-state index contributed by atoms with van der Waals surface area (Å²) in [6, 6.07) is -0.605. The standard InChI is InChI=1S/C8H15NO3S/c1-3-12-8(11)7(9)4-5-13-6(2)10/h7H,3-5,9H2,1-2H3. The number of nitrogens with two attached hydrogens (primary N) is 1. The number of carbonyl (C=O) groups is 2. The van der Waals surface area contributed by atoms with Crippen LogP contribution in [0.15, 0.2) is 0 Å². The van der Waals surface area contributed by atoms with Gasteiger partial charge in [-0.25, -0.2) is 0 Å². The van der Waals surface area contributed by atoms with Gasteiger partial charge >= 0.3 is 5.97 Å². The summed E-state index contributed by atoms with van der Waals surface area (Å²) in [5.74, 6) is 0.168. The van der Waals surface area contributed by atoms with Crippen molar-refractivity contribution in [3.05, 3.63) is 0 Å². The van der Waals surface area contributed by atoms with E-state index in [2.05, 4.69) is 0 Å². The van der Waals surface area contributed by atoms with E-state index >= 15 is 0 Å². The highest BCUT2D eigenvalue weighted by atomic mass is 32.2. The Morgan fingerprint density at radius 1 is 1.54 bits per heavy atom. The lowest BCUT2D eigenvalue weighted by Gasteiger charge is -2.08. The first-order valence-electron chi connectivity index (χ1n) is 4.13. The summed E-state index contributed by atoms with van der Waals surface area (Å²) in [5, 5.41) is 0.0380.